The van der Waals surface area contributed by atoms with Crippen LogP contribution in [-0.4, -0.2) is 27.9 Å². The average molecular weight is 445 g/mol. The van der Waals surface area contributed by atoms with Crippen molar-refractivity contribution in [3.05, 3.63) is 103 Å². The van der Waals surface area contributed by atoms with E-state index in [2.05, 4.69) is 0 Å². The molecule has 0 atom stereocenters. The highest BCUT2D eigenvalue weighted by Crippen LogP contribution is 2.26. The minimum atomic E-state index is -3.82. The summed E-state index contributed by atoms with van der Waals surface area (Å²) in [5.74, 6) is -0.278. The molecule has 0 N–H and O–H groups in total. The second kappa shape index (κ2) is 8.85. The Bertz CT molecular complexity index is 1370. The minimum absolute atomic E-state index is 0.0842. The van der Waals surface area contributed by atoms with Gasteiger partial charge in [-0.25, -0.2) is 8.42 Å². The van der Waals surface area contributed by atoms with Crippen molar-refractivity contribution in [2.24, 2.45) is 0 Å². The number of sulfonamides is 1. The number of hydrogen-bond acceptors (Lipinski definition) is 3. The number of benzene rings is 4. The molecule has 0 unspecified atom stereocenters. The fourth-order valence-electron chi connectivity index (χ4n) is 3.70. The van der Waals surface area contributed by atoms with Crippen LogP contribution in [0.25, 0.3) is 10.8 Å². The Kier molecular flexibility index (Phi) is 5.97. The van der Waals surface area contributed by atoms with Crippen LogP contribution >= 0.6 is 0 Å². The van der Waals surface area contributed by atoms with E-state index >= 15 is 0 Å². The minimum Gasteiger partial charge on any atom is -0.311 e. The van der Waals surface area contributed by atoms with E-state index in [1.807, 2.05) is 48.5 Å². The number of amides is 1. The van der Waals surface area contributed by atoms with E-state index in [0.717, 1.165) is 16.5 Å². The van der Waals surface area contributed by atoms with Crippen LogP contribution in [0.2, 0.25) is 0 Å². The molecule has 0 saturated carbocycles. The van der Waals surface area contributed by atoms with Crippen LogP contribution in [0.4, 0.5) is 11.4 Å². The summed E-state index contributed by atoms with van der Waals surface area (Å²) in [6.45, 7) is 2.06. The number of nitrogens with zero attached hydrogens (tertiary/aromatic N) is 2. The Labute approximate surface area is 188 Å². The molecule has 4 rings (SSSR count). The first kappa shape index (κ1) is 21.6. The molecule has 0 spiro atoms. The van der Waals surface area contributed by atoms with Crippen molar-refractivity contribution in [3.63, 3.8) is 0 Å². The van der Waals surface area contributed by atoms with Crippen LogP contribution in [0.3, 0.4) is 0 Å². The summed E-state index contributed by atoms with van der Waals surface area (Å²) in [6, 6.07) is 28.9. The van der Waals surface area contributed by atoms with Crippen molar-refractivity contribution in [2.45, 2.75) is 11.8 Å². The zero-order chi connectivity index (χ0) is 22.7. The molecular weight excluding hydrogens is 420 g/mol. The quantitative estimate of drug-likeness (QED) is 0.404. The predicted molar refractivity (Wildman–Crippen MR) is 130 cm³/mol. The molecule has 0 aliphatic rings. The van der Waals surface area contributed by atoms with Crippen LogP contribution in [0.1, 0.15) is 17.3 Å². The Morgan fingerprint density at radius 2 is 1.44 bits per heavy atom. The van der Waals surface area contributed by atoms with Gasteiger partial charge in [0.1, 0.15) is 0 Å². The largest absolute Gasteiger partial charge is 0.311 e. The maximum Gasteiger partial charge on any atom is 0.264 e. The van der Waals surface area contributed by atoms with Crippen LogP contribution in [0.5, 0.6) is 0 Å². The van der Waals surface area contributed by atoms with Gasteiger partial charge in [0.25, 0.3) is 15.9 Å². The topological polar surface area (TPSA) is 57.7 Å². The number of anilines is 2. The lowest BCUT2D eigenvalue weighted by Gasteiger charge is -2.23. The van der Waals surface area contributed by atoms with E-state index in [-0.39, 0.29) is 17.3 Å². The number of carbonyl (C=O) groups is 1. The predicted octanol–water partition coefficient (Wildman–Crippen LogP) is 5.33. The Morgan fingerprint density at radius 1 is 0.750 bits per heavy atom. The highest BCUT2D eigenvalue weighted by Gasteiger charge is 2.25. The fraction of sp³-hybridized carbons (Fsp3) is 0.115. The molecule has 0 aromatic heterocycles. The number of hydrogen-bond donors (Lipinski definition) is 0. The molecule has 4 aromatic rings. The van der Waals surface area contributed by atoms with Crippen molar-refractivity contribution in [1.82, 2.24) is 0 Å². The van der Waals surface area contributed by atoms with E-state index in [1.165, 1.54) is 21.3 Å². The lowest BCUT2D eigenvalue weighted by molar-refractivity contribution is 0.0993. The van der Waals surface area contributed by atoms with Gasteiger partial charge in [0, 0.05) is 24.8 Å². The van der Waals surface area contributed by atoms with E-state index in [1.54, 1.807) is 50.4 Å². The molecule has 0 aliphatic carbocycles. The summed E-state index contributed by atoms with van der Waals surface area (Å²) >= 11 is 0. The Hall–Kier alpha value is -3.64. The molecule has 0 fully saturated rings. The smallest absolute Gasteiger partial charge is 0.264 e. The van der Waals surface area contributed by atoms with Gasteiger partial charge in [-0.1, -0.05) is 54.6 Å². The van der Waals surface area contributed by atoms with Gasteiger partial charge in [-0.15, -0.1) is 0 Å². The number of fused-ring (bicyclic) bond motifs is 1. The zero-order valence-corrected chi connectivity index (χ0v) is 18.8. The van der Waals surface area contributed by atoms with E-state index < -0.39 is 10.0 Å². The van der Waals surface area contributed by atoms with Crippen molar-refractivity contribution < 1.29 is 13.2 Å². The molecule has 162 valence electrons. The molecule has 0 saturated heterocycles. The standard InChI is InChI=1S/C26H24N2O3S/c1-3-28(23-13-5-4-6-14-23)32(30,31)25-15-9-12-22(19-25)26(29)27(2)24-17-16-20-10-7-8-11-21(20)18-24/h4-19H,3H2,1-2H3. The molecule has 0 aliphatic heterocycles. The summed E-state index contributed by atoms with van der Waals surface area (Å²) in [5, 5.41) is 2.12. The van der Waals surface area contributed by atoms with Crippen molar-refractivity contribution in [1.29, 1.82) is 0 Å². The van der Waals surface area contributed by atoms with Gasteiger partial charge < -0.3 is 4.90 Å². The normalized spacial score (nSPS) is 11.3. The average Bonchev–Trinajstić information content (AvgIpc) is 2.84. The summed E-state index contributed by atoms with van der Waals surface area (Å²) in [4.78, 5) is 14.8. The van der Waals surface area contributed by atoms with Gasteiger partial charge in [0.05, 0.1) is 10.6 Å². The van der Waals surface area contributed by atoms with E-state index in [9.17, 15) is 13.2 Å². The van der Waals surface area contributed by atoms with Gasteiger partial charge in [0.2, 0.25) is 0 Å². The highest BCUT2D eigenvalue weighted by atomic mass is 32.2. The van der Waals surface area contributed by atoms with Gasteiger partial charge in [-0.05, 0) is 60.2 Å². The Morgan fingerprint density at radius 3 is 2.16 bits per heavy atom. The lowest BCUT2D eigenvalue weighted by Crippen LogP contribution is -2.31. The maximum absolute atomic E-state index is 13.3. The number of para-hydroxylation sites is 1. The first-order valence-electron chi connectivity index (χ1n) is 10.4. The summed E-state index contributed by atoms with van der Waals surface area (Å²) in [5.41, 5.74) is 1.63. The molecule has 0 heterocycles. The second-order valence-corrected chi connectivity index (χ2v) is 9.29. The maximum atomic E-state index is 13.3. The monoisotopic (exact) mass is 444 g/mol. The fourth-order valence-corrected chi connectivity index (χ4v) is 5.22. The molecule has 4 aromatic carbocycles. The van der Waals surface area contributed by atoms with Gasteiger partial charge >= 0.3 is 0 Å². The van der Waals surface area contributed by atoms with Crippen LogP contribution in [0, 0.1) is 0 Å². The zero-order valence-electron chi connectivity index (χ0n) is 18.0. The first-order valence-corrected chi connectivity index (χ1v) is 11.8. The molecular formula is C26H24N2O3S. The van der Waals surface area contributed by atoms with Gasteiger partial charge in [0.15, 0.2) is 0 Å². The summed E-state index contributed by atoms with van der Waals surface area (Å²) in [6.07, 6.45) is 0. The third-order valence-corrected chi connectivity index (χ3v) is 7.32. The number of rotatable bonds is 6. The lowest BCUT2D eigenvalue weighted by atomic mass is 10.1. The molecule has 6 heteroatoms. The van der Waals surface area contributed by atoms with Gasteiger partial charge in [-0.2, -0.15) is 0 Å². The van der Waals surface area contributed by atoms with Gasteiger partial charge in [-0.3, -0.25) is 9.10 Å². The summed E-state index contributed by atoms with van der Waals surface area (Å²) < 4.78 is 28.0. The molecule has 0 bridgehead atoms. The number of carbonyl (C=O) groups excluding carboxylic acids is 1. The van der Waals surface area contributed by atoms with E-state index in [4.69, 9.17) is 0 Å². The first-order chi connectivity index (χ1) is 15.4. The van der Waals surface area contributed by atoms with Crippen LogP contribution < -0.4 is 9.21 Å². The second-order valence-electron chi connectivity index (χ2n) is 7.43. The van der Waals surface area contributed by atoms with Crippen molar-refractivity contribution in [2.75, 3.05) is 22.8 Å². The van der Waals surface area contributed by atoms with E-state index in [0.29, 0.717) is 11.3 Å². The molecule has 1 amide bonds. The molecule has 5 nitrogen and oxygen atoms in total. The Balaban J connectivity index is 1.66. The summed E-state index contributed by atoms with van der Waals surface area (Å²) in [7, 11) is -2.13. The van der Waals surface area contributed by atoms with Crippen molar-refractivity contribution in [3.8, 4) is 0 Å². The van der Waals surface area contributed by atoms with Crippen LogP contribution in [-0.2, 0) is 10.0 Å². The highest BCUT2D eigenvalue weighted by molar-refractivity contribution is 7.92. The molecule has 32 heavy (non-hydrogen) atoms. The third kappa shape index (κ3) is 4.09. The third-order valence-electron chi connectivity index (χ3n) is 5.43. The van der Waals surface area contributed by atoms with Crippen LogP contribution in [0.15, 0.2) is 102 Å². The van der Waals surface area contributed by atoms with Crippen molar-refractivity contribution >= 4 is 38.1 Å². The molecule has 0 radical (unpaired) electrons. The SMILES string of the molecule is CCN(c1ccccc1)S(=O)(=O)c1cccc(C(=O)N(C)c2ccc3ccccc3c2)c1.